The predicted molar refractivity (Wildman–Crippen MR) is 148 cm³/mol. The smallest absolute Gasteiger partial charge is 0.226 e. The van der Waals surface area contributed by atoms with Crippen LogP contribution in [-0.2, 0) is 35.0 Å². The van der Waals surface area contributed by atoms with E-state index in [0.717, 1.165) is 23.3 Å². The van der Waals surface area contributed by atoms with Crippen LogP contribution in [0.5, 0.6) is 0 Å². The first kappa shape index (κ1) is 26.3. The second-order valence-electron chi connectivity index (χ2n) is 10.1. The number of rotatable bonds is 9. The molecule has 1 amide bonds. The summed E-state index contributed by atoms with van der Waals surface area (Å²) in [6.45, 7) is 8.27. The number of carbonyl (C=O) groups is 1. The molecule has 1 atom stereocenters. The van der Waals surface area contributed by atoms with Gasteiger partial charge in [0, 0.05) is 19.6 Å². The highest BCUT2D eigenvalue weighted by atomic mass is 32.2. The Hall–Kier alpha value is -2.76. The summed E-state index contributed by atoms with van der Waals surface area (Å²) in [4.78, 5) is 14.5. The average molecular weight is 503 g/mol. The average Bonchev–Trinajstić information content (AvgIpc) is 2.90. The van der Waals surface area contributed by atoms with E-state index in [4.69, 9.17) is 0 Å². The number of aryl methyl sites for hydroxylation is 3. The number of nitrogens with zero attached hydrogens (tertiary/aromatic N) is 1. The van der Waals surface area contributed by atoms with Crippen molar-refractivity contribution in [2.24, 2.45) is 5.41 Å². The molecule has 3 aromatic rings. The summed E-state index contributed by atoms with van der Waals surface area (Å²) in [6, 6.07) is 24.8. The van der Waals surface area contributed by atoms with E-state index in [2.05, 4.69) is 49.5 Å². The molecule has 1 aliphatic rings. The minimum Gasteiger partial charge on any atom is -0.355 e. The number of piperidine rings is 1. The fraction of sp³-hybridized carbons (Fsp3) is 0.387. The summed E-state index contributed by atoms with van der Waals surface area (Å²) in [7, 11) is -1.20. The number of carbonyl (C=O) groups excluding carboxylic acids is 1. The number of benzene rings is 3. The third-order valence-electron chi connectivity index (χ3n) is 7.49. The van der Waals surface area contributed by atoms with E-state index in [1.807, 2.05) is 53.7 Å². The Kier molecular flexibility index (Phi) is 8.76. The molecule has 0 bridgehead atoms. The Labute approximate surface area is 218 Å². The standard InChI is InChI=1S/C31H38N2O2S/c1-4-28-13-12-26(22-25(28)3)16-19-32-30(34)31(23-27-8-6-5-7-9-27)17-20-33(21-18-31)36(35)29-14-10-24(2)11-15-29/h5-15,22H,4,16-21,23H2,1-3H3,(H,32,34). The quantitative estimate of drug-likeness (QED) is 0.416. The lowest BCUT2D eigenvalue weighted by atomic mass is 9.73. The van der Waals surface area contributed by atoms with Crippen LogP contribution >= 0.6 is 0 Å². The van der Waals surface area contributed by atoms with E-state index in [1.165, 1.54) is 22.3 Å². The maximum atomic E-state index is 13.7. The number of nitrogens with one attached hydrogen (secondary N) is 1. The molecular weight excluding hydrogens is 464 g/mol. The molecule has 0 aliphatic carbocycles. The zero-order valence-electron chi connectivity index (χ0n) is 21.8. The van der Waals surface area contributed by atoms with Crippen LogP contribution in [0.3, 0.4) is 0 Å². The van der Waals surface area contributed by atoms with Gasteiger partial charge in [0.25, 0.3) is 0 Å². The van der Waals surface area contributed by atoms with Gasteiger partial charge in [-0.25, -0.2) is 8.51 Å². The maximum Gasteiger partial charge on any atom is 0.226 e. The third kappa shape index (κ3) is 6.32. The third-order valence-corrected chi connectivity index (χ3v) is 9.00. The molecule has 0 radical (unpaired) electrons. The van der Waals surface area contributed by atoms with Gasteiger partial charge in [0.05, 0.1) is 10.3 Å². The van der Waals surface area contributed by atoms with Crippen LogP contribution in [-0.4, -0.2) is 34.1 Å². The Balaban J connectivity index is 1.43. The van der Waals surface area contributed by atoms with Gasteiger partial charge < -0.3 is 5.32 Å². The van der Waals surface area contributed by atoms with Crippen molar-refractivity contribution in [3.05, 3.63) is 101 Å². The Morgan fingerprint density at radius 1 is 0.944 bits per heavy atom. The molecule has 3 aromatic carbocycles. The van der Waals surface area contributed by atoms with E-state index in [-0.39, 0.29) is 5.91 Å². The summed E-state index contributed by atoms with van der Waals surface area (Å²) in [5, 5.41) is 3.26. The minimum atomic E-state index is -1.20. The molecule has 1 aliphatic heterocycles. The maximum absolute atomic E-state index is 13.7. The Morgan fingerprint density at radius 2 is 1.64 bits per heavy atom. The van der Waals surface area contributed by atoms with Gasteiger partial charge in [-0.05, 0) is 80.3 Å². The lowest BCUT2D eigenvalue weighted by molar-refractivity contribution is -0.133. The monoisotopic (exact) mass is 502 g/mol. The van der Waals surface area contributed by atoms with Gasteiger partial charge >= 0.3 is 0 Å². The lowest BCUT2D eigenvalue weighted by Gasteiger charge is -2.40. The Morgan fingerprint density at radius 3 is 2.28 bits per heavy atom. The molecule has 1 heterocycles. The molecule has 4 nitrogen and oxygen atoms in total. The molecule has 0 aromatic heterocycles. The fourth-order valence-corrected chi connectivity index (χ4v) is 6.35. The van der Waals surface area contributed by atoms with E-state index in [9.17, 15) is 9.00 Å². The van der Waals surface area contributed by atoms with Gasteiger partial charge in [-0.1, -0.05) is 73.2 Å². The van der Waals surface area contributed by atoms with E-state index in [0.29, 0.717) is 38.9 Å². The van der Waals surface area contributed by atoms with Gasteiger partial charge in [0.2, 0.25) is 5.91 Å². The molecule has 0 saturated carbocycles. The van der Waals surface area contributed by atoms with Crippen molar-refractivity contribution in [1.29, 1.82) is 0 Å². The summed E-state index contributed by atoms with van der Waals surface area (Å²) >= 11 is 0. The van der Waals surface area contributed by atoms with E-state index < -0.39 is 16.4 Å². The van der Waals surface area contributed by atoms with E-state index >= 15 is 0 Å². The number of amides is 1. The minimum absolute atomic E-state index is 0.119. The molecule has 5 heteroatoms. The molecule has 1 unspecified atom stereocenters. The second kappa shape index (κ2) is 12.0. The van der Waals surface area contributed by atoms with Crippen LogP contribution in [0.2, 0.25) is 0 Å². The van der Waals surface area contributed by atoms with Crippen molar-refractivity contribution in [3.8, 4) is 0 Å². The molecule has 1 N–H and O–H groups in total. The summed E-state index contributed by atoms with van der Waals surface area (Å²) in [6.07, 6.45) is 3.94. The van der Waals surface area contributed by atoms with Gasteiger partial charge in [0.15, 0.2) is 0 Å². The van der Waals surface area contributed by atoms with Crippen LogP contribution in [0.15, 0.2) is 77.7 Å². The van der Waals surface area contributed by atoms with Gasteiger partial charge in [-0.3, -0.25) is 4.79 Å². The summed E-state index contributed by atoms with van der Waals surface area (Å²) in [5.74, 6) is 0.119. The largest absolute Gasteiger partial charge is 0.355 e. The van der Waals surface area contributed by atoms with Crippen LogP contribution in [0, 0.1) is 19.3 Å². The molecule has 36 heavy (non-hydrogen) atoms. The van der Waals surface area contributed by atoms with Crippen LogP contribution in [0.1, 0.15) is 47.6 Å². The van der Waals surface area contributed by atoms with Gasteiger partial charge in [-0.2, -0.15) is 0 Å². The molecule has 1 saturated heterocycles. The first-order valence-electron chi connectivity index (χ1n) is 13.0. The summed E-state index contributed by atoms with van der Waals surface area (Å²) < 4.78 is 15.2. The van der Waals surface area contributed by atoms with Gasteiger partial charge in [0.1, 0.15) is 11.0 Å². The zero-order valence-corrected chi connectivity index (χ0v) is 22.6. The SMILES string of the molecule is CCc1ccc(CCNC(=O)C2(Cc3ccccc3)CCN(S(=O)c3ccc(C)cc3)CC2)cc1C. The van der Waals surface area contributed by atoms with Gasteiger partial charge in [-0.15, -0.1) is 0 Å². The Bertz CT molecular complexity index is 1180. The van der Waals surface area contributed by atoms with Crippen molar-refractivity contribution >= 4 is 16.9 Å². The van der Waals surface area contributed by atoms with Crippen LogP contribution in [0.25, 0.3) is 0 Å². The molecule has 190 valence electrons. The van der Waals surface area contributed by atoms with Crippen molar-refractivity contribution < 1.29 is 9.00 Å². The first-order chi connectivity index (χ1) is 17.4. The fourth-order valence-electron chi connectivity index (χ4n) is 5.17. The first-order valence-corrected chi connectivity index (χ1v) is 14.1. The van der Waals surface area contributed by atoms with Crippen molar-refractivity contribution in [2.75, 3.05) is 19.6 Å². The zero-order chi connectivity index (χ0) is 25.5. The van der Waals surface area contributed by atoms with E-state index in [1.54, 1.807) is 0 Å². The number of hydrogen-bond acceptors (Lipinski definition) is 2. The van der Waals surface area contributed by atoms with Crippen molar-refractivity contribution in [2.45, 2.75) is 57.8 Å². The lowest BCUT2D eigenvalue weighted by Crippen LogP contribution is -2.50. The normalized spacial score (nSPS) is 16.4. The van der Waals surface area contributed by atoms with Crippen molar-refractivity contribution in [3.63, 3.8) is 0 Å². The molecular formula is C31H38N2O2S. The van der Waals surface area contributed by atoms with Crippen LogP contribution < -0.4 is 5.32 Å². The summed E-state index contributed by atoms with van der Waals surface area (Å²) in [5.41, 5.74) is 5.79. The molecule has 0 spiro atoms. The predicted octanol–water partition coefficient (Wildman–Crippen LogP) is 5.57. The highest BCUT2D eigenvalue weighted by molar-refractivity contribution is 7.82. The molecule has 1 fully saturated rings. The van der Waals surface area contributed by atoms with Crippen LogP contribution in [0.4, 0.5) is 0 Å². The molecule has 4 rings (SSSR count). The highest BCUT2D eigenvalue weighted by Crippen LogP contribution is 2.36. The topological polar surface area (TPSA) is 49.4 Å². The number of hydrogen-bond donors (Lipinski definition) is 1. The second-order valence-corrected chi connectivity index (χ2v) is 11.5. The highest BCUT2D eigenvalue weighted by Gasteiger charge is 2.42. The van der Waals surface area contributed by atoms with Crippen molar-refractivity contribution in [1.82, 2.24) is 9.62 Å².